The lowest BCUT2D eigenvalue weighted by molar-refractivity contribution is 0.549. The van der Waals surface area contributed by atoms with E-state index < -0.39 is 10.0 Å². The molecule has 0 fully saturated rings. The van der Waals surface area contributed by atoms with E-state index in [1.54, 1.807) is 26.1 Å². The molecule has 0 amide bonds. The molecule has 0 spiro atoms. The summed E-state index contributed by atoms with van der Waals surface area (Å²) in [6.45, 7) is 8.08. The van der Waals surface area contributed by atoms with Crippen LogP contribution in [0.25, 0.3) is 10.9 Å². The number of hydrogen-bond acceptors (Lipinski definition) is 3. The second kappa shape index (κ2) is 7.62. The molecule has 152 valence electrons. The molecule has 5 nitrogen and oxygen atoms in total. The minimum Gasteiger partial charge on any atom is -0.345 e. The third kappa shape index (κ3) is 3.78. The van der Waals surface area contributed by atoms with Crippen molar-refractivity contribution in [1.29, 1.82) is 5.26 Å². The number of sulfonamides is 1. The lowest BCUT2D eigenvalue weighted by Crippen LogP contribution is -2.19. The third-order valence-corrected chi connectivity index (χ3v) is 6.72. The standard InChI is InChI=1S/C22H24FN3O2S/c1-5-16(21-13(2)8-14(3)22(15(21)4)29(25,27)28)11-26-12-17(10-24)19-9-18(23)6-7-20(19)26/h6-9,12,16H,5,11H2,1-4H3,(H2,25,27,28)/t16-/m1/s1. The Morgan fingerprint density at radius 1 is 1.21 bits per heavy atom. The van der Waals surface area contributed by atoms with Gasteiger partial charge in [-0.3, -0.25) is 0 Å². The normalized spacial score (nSPS) is 12.9. The van der Waals surface area contributed by atoms with Gasteiger partial charge in [-0.1, -0.05) is 13.0 Å². The van der Waals surface area contributed by atoms with Crippen LogP contribution < -0.4 is 5.14 Å². The first-order valence-electron chi connectivity index (χ1n) is 9.40. The maximum atomic E-state index is 13.7. The Bertz CT molecular complexity index is 1250. The summed E-state index contributed by atoms with van der Waals surface area (Å²) in [5.74, 6) is -0.384. The van der Waals surface area contributed by atoms with E-state index >= 15 is 0 Å². The molecule has 1 heterocycles. The van der Waals surface area contributed by atoms with Crippen LogP contribution in [0.15, 0.2) is 35.4 Å². The summed E-state index contributed by atoms with van der Waals surface area (Å²) in [6, 6.07) is 8.40. The fourth-order valence-corrected chi connectivity index (χ4v) is 5.46. The van der Waals surface area contributed by atoms with Crippen molar-refractivity contribution in [3.05, 3.63) is 64.1 Å². The zero-order valence-corrected chi connectivity index (χ0v) is 17.8. The van der Waals surface area contributed by atoms with Crippen LogP contribution in [0.1, 0.15) is 47.1 Å². The van der Waals surface area contributed by atoms with Crippen LogP contribution in [0.3, 0.4) is 0 Å². The second-order valence-electron chi connectivity index (χ2n) is 7.50. The SMILES string of the molecule is CC[C@H](Cn1cc(C#N)c2cc(F)ccc21)c1c(C)cc(C)c(S(N)(=O)=O)c1C. The molecule has 0 saturated heterocycles. The molecule has 0 saturated carbocycles. The van der Waals surface area contributed by atoms with Gasteiger partial charge in [0.1, 0.15) is 11.9 Å². The number of rotatable bonds is 5. The first-order chi connectivity index (χ1) is 13.6. The Labute approximate surface area is 170 Å². The van der Waals surface area contributed by atoms with Gasteiger partial charge in [0.05, 0.1) is 10.5 Å². The zero-order valence-electron chi connectivity index (χ0n) is 17.0. The van der Waals surface area contributed by atoms with Gasteiger partial charge >= 0.3 is 0 Å². The Balaban J connectivity index is 2.16. The fourth-order valence-electron chi connectivity index (χ4n) is 4.42. The van der Waals surface area contributed by atoms with Gasteiger partial charge in [-0.05, 0) is 67.6 Å². The summed E-state index contributed by atoms with van der Waals surface area (Å²) in [4.78, 5) is 0.175. The quantitative estimate of drug-likeness (QED) is 0.671. The van der Waals surface area contributed by atoms with Gasteiger partial charge < -0.3 is 4.57 Å². The molecular formula is C22H24FN3O2S. The van der Waals surface area contributed by atoms with E-state index in [0.717, 1.165) is 23.1 Å². The van der Waals surface area contributed by atoms with Crippen molar-refractivity contribution in [2.75, 3.05) is 0 Å². The van der Waals surface area contributed by atoms with Crippen molar-refractivity contribution in [1.82, 2.24) is 4.57 Å². The number of aryl methyl sites for hydroxylation is 2. The van der Waals surface area contributed by atoms with Crippen LogP contribution in [0.5, 0.6) is 0 Å². The summed E-state index contributed by atoms with van der Waals surface area (Å²) in [5, 5.41) is 15.5. The maximum absolute atomic E-state index is 13.7. The number of hydrogen-bond donors (Lipinski definition) is 1. The molecule has 2 N–H and O–H groups in total. The van der Waals surface area contributed by atoms with Gasteiger partial charge in [0.25, 0.3) is 0 Å². The second-order valence-corrected chi connectivity index (χ2v) is 9.00. The van der Waals surface area contributed by atoms with Gasteiger partial charge in [0.2, 0.25) is 10.0 Å². The van der Waals surface area contributed by atoms with Crippen molar-refractivity contribution in [2.24, 2.45) is 5.14 Å². The van der Waals surface area contributed by atoms with E-state index in [0.29, 0.717) is 28.6 Å². The number of aromatic nitrogens is 1. The van der Waals surface area contributed by atoms with E-state index in [4.69, 9.17) is 5.14 Å². The molecule has 0 aliphatic carbocycles. The molecule has 0 bridgehead atoms. The van der Waals surface area contributed by atoms with Crippen LogP contribution in [-0.4, -0.2) is 13.0 Å². The van der Waals surface area contributed by atoms with Crippen molar-refractivity contribution in [3.8, 4) is 6.07 Å². The Kier molecular flexibility index (Phi) is 5.52. The molecule has 0 radical (unpaired) electrons. The number of benzene rings is 2. The molecular weight excluding hydrogens is 389 g/mol. The summed E-state index contributed by atoms with van der Waals surface area (Å²) in [5.41, 5.74) is 4.44. The molecule has 3 aromatic rings. The minimum atomic E-state index is -3.85. The van der Waals surface area contributed by atoms with Gasteiger partial charge in [0.15, 0.2) is 0 Å². The largest absolute Gasteiger partial charge is 0.345 e. The highest BCUT2D eigenvalue weighted by molar-refractivity contribution is 7.89. The number of nitrogens with two attached hydrogens (primary N) is 1. The van der Waals surface area contributed by atoms with Crippen LogP contribution in [0.4, 0.5) is 4.39 Å². The average molecular weight is 414 g/mol. The molecule has 1 atom stereocenters. The van der Waals surface area contributed by atoms with Crippen molar-refractivity contribution < 1.29 is 12.8 Å². The lowest BCUT2D eigenvalue weighted by Gasteiger charge is -2.24. The monoisotopic (exact) mass is 413 g/mol. The minimum absolute atomic E-state index is 0.00305. The maximum Gasteiger partial charge on any atom is 0.238 e. The number of fused-ring (bicyclic) bond motifs is 1. The smallest absolute Gasteiger partial charge is 0.238 e. The third-order valence-electron chi connectivity index (χ3n) is 5.53. The van der Waals surface area contributed by atoms with E-state index in [1.165, 1.54) is 12.1 Å². The highest BCUT2D eigenvalue weighted by atomic mass is 32.2. The van der Waals surface area contributed by atoms with Gasteiger partial charge in [-0.2, -0.15) is 5.26 Å². The van der Waals surface area contributed by atoms with Crippen molar-refractivity contribution >= 4 is 20.9 Å². The molecule has 0 aliphatic heterocycles. The molecule has 0 aliphatic rings. The van der Waals surface area contributed by atoms with Gasteiger partial charge in [-0.25, -0.2) is 17.9 Å². The summed E-state index contributed by atoms with van der Waals surface area (Å²) < 4.78 is 39.9. The predicted octanol–water partition coefficient (Wildman–Crippen LogP) is 4.42. The first-order valence-corrected chi connectivity index (χ1v) is 10.9. The van der Waals surface area contributed by atoms with E-state index in [9.17, 15) is 18.1 Å². The Morgan fingerprint density at radius 2 is 1.90 bits per heavy atom. The zero-order chi connectivity index (χ0) is 21.5. The fraction of sp³-hybridized carbons (Fsp3) is 0.318. The summed E-state index contributed by atoms with van der Waals surface area (Å²) in [7, 11) is -3.85. The predicted molar refractivity (Wildman–Crippen MR) is 112 cm³/mol. The molecule has 3 rings (SSSR count). The van der Waals surface area contributed by atoms with Crippen LogP contribution >= 0.6 is 0 Å². The van der Waals surface area contributed by atoms with Crippen LogP contribution in [0, 0.1) is 37.9 Å². The van der Waals surface area contributed by atoms with Gasteiger partial charge in [0, 0.05) is 29.6 Å². The first kappa shape index (κ1) is 21.0. The number of primary sulfonamides is 1. The average Bonchev–Trinajstić information content (AvgIpc) is 2.95. The number of nitriles is 1. The lowest BCUT2D eigenvalue weighted by atomic mass is 9.87. The molecule has 0 unspecified atom stereocenters. The summed E-state index contributed by atoms with van der Waals surface area (Å²) >= 11 is 0. The Morgan fingerprint density at radius 3 is 2.48 bits per heavy atom. The molecule has 2 aromatic carbocycles. The van der Waals surface area contributed by atoms with Gasteiger partial charge in [-0.15, -0.1) is 0 Å². The van der Waals surface area contributed by atoms with Crippen molar-refractivity contribution in [3.63, 3.8) is 0 Å². The summed E-state index contributed by atoms with van der Waals surface area (Å²) in [6.07, 6.45) is 2.49. The topological polar surface area (TPSA) is 88.9 Å². The van der Waals surface area contributed by atoms with Crippen molar-refractivity contribution in [2.45, 2.75) is 51.5 Å². The molecule has 29 heavy (non-hydrogen) atoms. The molecule has 7 heteroatoms. The van der Waals surface area contributed by atoms with E-state index in [1.807, 2.05) is 24.5 Å². The van der Waals surface area contributed by atoms with Crippen LogP contribution in [0.2, 0.25) is 0 Å². The van der Waals surface area contributed by atoms with E-state index in [2.05, 4.69) is 6.07 Å². The molecule has 1 aromatic heterocycles. The number of halogens is 1. The number of nitrogens with zero attached hydrogens (tertiary/aromatic N) is 2. The highest BCUT2D eigenvalue weighted by Gasteiger charge is 2.24. The highest BCUT2D eigenvalue weighted by Crippen LogP contribution is 2.34. The van der Waals surface area contributed by atoms with E-state index in [-0.39, 0.29) is 16.6 Å². The Hall–Kier alpha value is -2.69. The van der Waals surface area contributed by atoms with Crippen LogP contribution in [-0.2, 0) is 16.6 Å².